The molecule has 1 heterocycles. The normalized spacial score (nSPS) is 21.1. The molecule has 2 heteroatoms. The fourth-order valence-electron chi connectivity index (χ4n) is 3.71. The van der Waals surface area contributed by atoms with Gasteiger partial charge in [0, 0.05) is 31.7 Å². The van der Waals surface area contributed by atoms with Crippen LogP contribution in [-0.2, 0) is 6.54 Å². The Hall–Kier alpha value is -2.42. The van der Waals surface area contributed by atoms with E-state index in [0.29, 0.717) is 12.1 Å². The average molecular weight is 328 g/mol. The van der Waals surface area contributed by atoms with E-state index in [1.807, 2.05) is 0 Å². The van der Waals surface area contributed by atoms with Crippen molar-refractivity contribution >= 4 is 0 Å². The van der Waals surface area contributed by atoms with Crippen LogP contribution in [0.2, 0.25) is 0 Å². The van der Waals surface area contributed by atoms with Crippen LogP contribution in [0, 0.1) is 0 Å². The fourth-order valence-corrected chi connectivity index (χ4v) is 3.71. The van der Waals surface area contributed by atoms with E-state index in [-0.39, 0.29) is 0 Å². The molecule has 0 saturated carbocycles. The third kappa shape index (κ3) is 3.81. The molecule has 0 aliphatic carbocycles. The SMILES string of the molecule is c1ccc(CN2CC(c3ccccc3)NCC2c2ccccc2)cc1. The fraction of sp³-hybridized carbons (Fsp3) is 0.217. The Bertz CT molecular complexity index is 771. The highest BCUT2D eigenvalue weighted by Gasteiger charge is 2.29. The van der Waals surface area contributed by atoms with Gasteiger partial charge in [-0.05, 0) is 16.7 Å². The first-order chi connectivity index (χ1) is 12.4. The van der Waals surface area contributed by atoms with E-state index in [1.165, 1.54) is 16.7 Å². The smallest absolute Gasteiger partial charge is 0.0477 e. The van der Waals surface area contributed by atoms with E-state index in [4.69, 9.17) is 0 Å². The van der Waals surface area contributed by atoms with Gasteiger partial charge >= 0.3 is 0 Å². The quantitative estimate of drug-likeness (QED) is 0.754. The van der Waals surface area contributed by atoms with Crippen LogP contribution in [0.15, 0.2) is 91.0 Å². The van der Waals surface area contributed by atoms with Crippen LogP contribution in [0.3, 0.4) is 0 Å². The van der Waals surface area contributed by atoms with Crippen LogP contribution >= 0.6 is 0 Å². The highest BCUT2D eigenvalue weighted by molar-refractivity contribution is 5.25. The number of benzene rings is 3. The zero-order valence-electron chi connectivity index (χ0n) is 14.4. The van der Waals surface area contributed by atoms with Crippen molar-refractivity contribution in [2.45, 2.75) is 18.6 Å². The van der Waals surface area contributed by atoms with Crippen LogP contribution in [0.25, 0.3) is 0 Å². The van der Waals surface area contributed by atoms with Crippen LogP contribution in [0.5, 0.6) is 0 Å². The van der Waals surface area contributed by atoms with Gasteiger partial charge in [-0.2, -0.15) is 0 Å². The summed E-state index contributed by atoms with van der Waals surface area (Å²) in [5.74, 6) is 0. The van der Waals surface area contributed by atoms with Crippen molar-refractivity contribution < 1.29 is 0 Å². The summed E-state index contributed by atoms with van der Waals surface area (Å²) < 4.78 is 0. The standard InChI is InChI=1S/C23H24N2/c1-4-10-19(11-5-1)17-25-18-22(20-12-6-2-7-13-20)24-16-23(25)21-14-8-3-9-15-21/h1-15,22-24H,16-18H2. The molecule has 2 nitrogen and oxygen atoms in total. The zero-order chi connectivity index (χ0) is 16.9. The molecule has 2 atom stereocenters. The molecular formula is C23H24N2. The van der Waals surface area contributed by atoms with Gasteiger partial charge in [-0.1, -0.05) is 91.0 Å². The van der Waals surface area contributed by atoms with Crippen molar-refractivity contribution in [2.75, 3.05) is 13.1 Å². The molecule has 3 aromatic rings. The first-order valence-corrected chi connectivity index (χ1v) is 9.01. The predicted octanol–water partition coefficient (Wildman–Crippen LogP) is 4.57. The molecular weight excluding hydrogens is 304 g/mol. The van der Waals surface area contributed by atoms with Gasteiger partial charge in [0.15, 0.2) is 0 Å². The second-order valence-electron chi connectivity index (χ2n) is 6.71. The highest BCUT2D eigenvalue weighted by Crippen LogP contribution is 2.30. The topological polar surface area (TPSA) is 15.3 Å². The molecule has 0 radical (unpaired) electrons. The van der Waals surface area contributed by atoms with E-state index in [0.717, 1.165) is 19.6 Å². The minimum Gasteiger partial charge on any atom is -0.307 e. The molecule has 1 aliphatic heterocycles. The molecule has 1 aliphatic rings. The van der Waals surface area contributed by atoms with Gasteiger partial charge in [-0.15, -0.1) is 0 Å². The van der Waals surface area contributed by atoms with Crippen molar-refractivity contribution in [3.05, 3.63) is 108 Å². The van der Waals surface area contributed by atoms with Crippen molar-refractivity contribution in [1.82, 2.24) is 10.2 Å². The van der Waals surface area contributed by atoms with Crippen molar-refractivity contribution in [1.29, 1.82) is 0 Å². The van der Waals surface area contributed by atoms with Crippen molar-refractivity contribution in [3.63, 3.8) is 0 Å². The summed E-state index contributed by atoms with van der Waals surface area (Å²) in [6, 6.07) is 33.2. The first-order valence-electron chi connectivity index (χ1n) is 9.01. The Balaban J connectivity index is 1.59. The summed E-state index contributed by atoms with van der Waals surface area (Å²) >= 11 is 0. The molecule has 0 spiro atoms. The minimum absolute atomic E-state index is 0.380. The molecule has 0 amide bonds. The predicted molar refractivity (Wildman–Crippen MR) is 103 cm³/mol. The molecule has 4 rings (SSSR count). The molecule has 3 aromatic carbocycles. The van der Waals surface area contributed by atoms with E-state index < -0.39 is 0 Å². The lowest BCUT2D eigenvalue weighted by atomic mass is 9.97. The van der Waals surface area contributed by atoms with Gasteiger partial charge in [-0.3, -0.25) is 4.90 Å². The third-order valence-corrected chi connectivity index (χ3v) is 5.03. The van der Waals surface area contributed by atoms with Crippen LogP contribution in [-0.4, -0.2) is 18.0 Å². The maximum Gasteiger partial charge on any atom is 0.0477 e. The monoisotopic (exact) mass is 328 g/mol. The Labute approximate surface area is 150 Å². The Morgan fingerprint density at radius 2 is 1.28 bits per heavy atom. The summed E-state index contributed by atoms with van der Waals surface area (Å²) in [6.45, 7) is 2.96. The van der Waals surface area contributed by atoms with Gasteiger partial charge in [0.25, 0.3) is 0 Å². The molecule has 1 fully saturated rings. The Morgan fingerprint density at radius 1 is 0.720 bits per heavy atom. The van der Waals surface area contributed by atoms with Crippen LogP contribution in [0.4, 0.5) is 0 Å². The number of hydrogen-bond acceptors (Lipinski definition) is 2. The third-order valence-electron chi connectivity index (χ3n) is 5.03. The average Bonchev–Trinajstić information content (AvgIpc) is 2.70. The molecule has 2 unspecified atom stereocenters. The molecule has 25 heavy (non-hydrogen) atoms. The lowest BCUT2D eigenvalue weighted by Crippen LogP contribution is -2.47. The molecule has 1 saturated heterocycles. The summed E-state index contributed by atoms with van der Waals surface area (Å²) in [6.07, 6.45) is 0. The summed E-state index contributed by atoms with van der Waals surface area (Å²) in [5.41, 5.74) is 4.13. The number of piperazine rings is 1. The highest BCUT2D eigenvalue weighted by atomic mass is 15.2. The summed E-state index contributed by atoms with van der Waals surface area (Å²) in [4.78, 5) is 2.61. The number of rotatable bonds is 4. The van der Waals surface area contributed by atoms with Crippen LogP contribution in [0.1, 0.15) is 28.8 Å². The Kier molecular flexibility index (Phi) is 4.91. The van der Waals surface area contributed by atoms with Crippen molar-refractivity contribution in [3.8, 4) is 0 Å². The number of hydrogen-bond donors (Lipinski definition) is 1. The molecule has 0 aromatic heterocycles. The van der Waals surface area contributed by atoms with Gasteiger partial charge in [-0.25, -0.2) is 0 Å². The van der Waals surface area contributed by atoms with Gasteiger partial charge in [0.2, 0.25) is 0 Å². The minimum atomic E-state index is 0.380. The van der Waals surface area contributed by atoms with Gasteiger partial charge in [0.05, 0.1) is 0 Å². The summed E-state index contributed by atoms with van der Waals surface area (Å²) in [5, 5.41) is 3.76. The van der Waals surface area contributed by atoms with Gasteiger partial charge < -0.3 is 5.32 Å². The maximum atomic E-state index is 3.76. The van der Waals surface area contributed by atoms with E-state index >= 15 is 0 Å². The second kappa shape index (κ2) is 7.64. The maximum absolute atomic E-state index is 3.76. The molecule has 1 N–H and O–H groups in total. The van der Waals surface area contributed by atoms with E-state index in [1.54, 1.807) is 0 Å². The van der Waals surface area contributed by atoms with Crippen LogP contribution < -0.4 is 5.32 Å². The lowest BCUT2D eigenvalue weighted by Gasteiger charge is -2.41. The van der Waals surface area contributed by atoms with Crippen molar-refractivity contribution in [2.24, 2.45) is 0 Å². The van der Waals surface area contributed by atoms with E-state index in [2.05, 4.69) is 101 Å². The number of nitrogens with zero attached hydrogens (tertiary/aromatic N) is 1. The van der Waals surface area contributed by atoms with Gasteiger partial charge in [0.1, 0.15) is 0 Å². The number of nitrogens with one attached hydrogen (secondary N) is 1. The molecule has 0 bridgehead atoms. The molecule has 126 valence electrons. The zero-order valence-corrected chi connectivity index (χ0v) is 14.4. The second-order valence-corrected chi connectivity index (χ2v) is 6.71. The lowest BCUT2D eigenvalue weighted by molar-refractivity contribution is 0.122. The Morgan fingerprint density at radius 3 is 1.92 bits per heavy atom. The first kappa shape index (κ1) is 16.1. The largest absolute Gasteiger partial charge is 0.307 e. The summed E-state index contributed by atoms with van der Waals surface area (Å²) in [7, 11) is 0. The van der Waals surface area contributed by atoms with E-state index in [9.17, 15) is 0 Å².